The highest BCUT2D eigenvalue weighted by atomic mass is 16.7. The monoisotopic (exact) mass is 251 g/mol. The second kappa shape index (κ2) is 5.27. The molecule has 1 aliphatic heterocycles. The maximum absolute atomic E-state index is 11.4. The van der Waals surface area contributed by atoms with E-state index >= 15 is 0 Å². The first-order valence-electron chi connectivity index (χ1n) is 5.74. The van der Waals surface area contributed by atoms with Gasteiger partial charge in [0, 0.05) is 6.04 Å². The molecule has 0 aromatic heterocycles. The first kappa shape index (κ1) is 12.7. The smallest absolute Gasteiger partial charge is 0.307 e. The van der Waals surface area contributed by atoms with Gasteiger partial charge in [0.2, 0.25) is 6.79 Å². The molecule has 0 amide bonds. The topological polar surface area (TPSA) is 48.0 Å². The van der Waals surface area contributed by atoms with Crippen LogP contribution in [0.1, 0.15) is 18.0 Å². The van der Waals surface area contributed by atoms with Crippen LogP contribution in [0.2, 0.25) is 0 Å². The predicted molar refractivity (Wildman–Crippen MR) is 65.6 cm³/mol. The average molecular weight is 251 g/mol. The van der Waals surface area contributed by atoms with Crippen molar-refractivity contribution in [1.29, 1.82) is 0 Å². The number of carbonyl (C=O) groups is 1. The SMILES string of the molecule is COC(=O)CC(c1ccc2c(c1)OCO2)N(C)C. The number of benzene rings is 1. The molecule has 0 N–H and O–H groups in total. The number of fused-ring (bicyclic) bond motifs is 1. The largest absolute Gasteiger partial charge is 0.469 e. The fraction of sp³-hybridized carbons (Fsp3) is 0.462. The van der Waals surface area contributed by atoms with Crippen molar-refractivity contribution in [2.45, 2.75) is 12.5 Å². The van der Waals surface area contributed by atoms with Crippen molar-refractivity contribution in [3.05, 3.63) is 23.8 Å². The van der Waals surface area contributed by atoms with Gasteiger partial charge in [-0.2, -0.15) is 0 Å². The summed E-state index contributed by atoms with van der Waals surface area (Å²) in [5.74, 6) is 1.24. The number of hydrogen-bond donors (Lipinski definition) is 0. The molecule has 0 aliphatic carbocycles. The van der Waals surface area contributed by atoms with Gasteiger partial charge in [-0.05, 0) is 31.8 Å². The number of esters is 1. The van der Waals surface area contributed by atoms with E-state index in [1.54, 1.807) is 0 Å². The molecule has 98 valence electrons. The Bertz CT molecular complexity index is 445. The average Bonchev–Trinajstić information content (AvgIpc) is 2.82. The van der Waals surface area contributed by atoms with Gasteiger partial charge in [0.05, 0.1) is 13.5 Å². The van der Waals surface area contributed by atoms with Crippen molar-refractivity contribution < 1.29 is 19.0 Å². The molecule has 0 saturated heterocycles. The van der Waals surface area contributed by atoms with E-state index in [1.807, 2.05) is 37.2 Å². The third-order valence-corrected chi connectivity index (χ3v) is 2.99. The third-order valence-electron chi connectivity index (χ3n) is 2.99. The van der Waals surface area contributed by atoms with E-state index < -0.39 is 0 Å². The van der Waals surface area contributed by atoms with Crippen LogP contribution < -0.4 is 9.47 Å². The predicted octanol–water partition coefficient (Wildman–Crippen LogP) is 1.58. The van der Waals surface area contributed by atoms with Gasteiger partial charge in [-0.25, -0.2) is 0 Å². The summed E-state index contributed by atoms with van der Waals surface area (Å²) in [6.07, 6.45) is 0.309. The Hall–Kier alpha value is -1.75. The van der Waals surface area contributed by atoms with Crippen LogP contribution in [0.4, 0.5) is 0 Å². The molecule has 1 aromatic rings. The highest BCUT2D eigenvalue weighted by Gasteiger charge is 2.22. The van der Waals surface area contributed by atoms with E-state index in [4.69, 9.17) is 14.2 Å². The zero-order valence-corrected chi connectivity index (χ0v) is 10.8. The molecule has 18 heavy (non-hydrogen) atoms. The molecule has 1 unspecified atom stereocenters. The summed E-state index contributed by atoms with van der Waals surface area (Å²) < 4.78 is 15.3. The Morgan fingerprint density at radius 3 is 2.78 bits per heavy atom. The van der Waals surface area contributed by atoms with E-state index in [2.05, 4.69) is 0 Å². The lowest BCUT2D eigenvalue weighted by molar-refractivity contribution is -0.141. The van der Waals surface area contributed by atoms with Gasteiger partial charge >= 0.3 is 5.97 Å². The van der Waals surface area contributed by atoms with Gasteiger partial charge < -0.3 is 19.1 Å². The minimum atomic E-state index is -0.230. The summed E-state index contributed by atoms with van der Waals surface area (Å²) in [5, 5.41) is 0. The van der Waals surface area contributed by atoms with E-state index in [0.29, 0.717) is 6.42 Å². The molecule has 0 saturated carbocycles. The standard InChI is InChI=1S/C13H17NO4/c1-14(2)10(7-13(15)16-3)9-4-5-11-12(6-9)18-8-17-11/h4-6,10H,7-8H2,1-3H3. The molecule has 0 fully saturated rings. The molecular weight excluding hydrogens is 234 g/mol. The Labute approximate surface area is 106 Å². The van der Waals surface area contributed by atoms with Gasteiger partial charge in [-0.15, -0.1) is 0 Å². The summed E-state index contributed by atoms with van der Waals surface area (Å²) >= 11 is 0. The zero-order chi connectivity index (χ0) is 13.1. The minimum absolute atomic E-state index is 0.0352. The Morgan fingerprint density at radius 2 is 2.11 bits per heavy atom. The van der Waals surface area contributed by atoms with Crippen LogP contribution >= 0.6 is 0 Å². The summed E-state index contributed by atoms with van der Waals surface area (Å²) in [5.41, 5.74) is 1.01. The Morgan fingerprint density at radius 1 is 1.39 bits per heavy atom. The van der Waals surface area contributed by atoms with E-state index in [1.165, 1.54) is 7.11 Å². The van der Waals surface area contributed by atoms with Gasteiger partial charge in [0.15, 0.2) is 11.5 Å². The second-order valence-electron chi connectivity index (χ2n) is 4.37. The van der Waals surface area contributed by atoms with Crippen LogP contribution in [0, 0.1) is 0 Å². The van der Waals surface area contributed by atoms with Crippen LogP contribution in [0.15, 0.2) is 18.2 Å². The number of hydrogen-bond acceptors (Lipinski definition) is 5. The number of nitrogens with zero attached hydrogens (tertiary/aromatic N) is 1. The molecule has 0 spiro atoms. The van der Waals surface area contributed by atoms with E-state index in [9.17, 15) is 4.79 Å². The van der Waals surface area contributed by atoms with Crippen LogP contribution in [0.25, 0.3) is 0 Å². The highest BCUT2D eigenvalue weighted by Crippen LogP contribution is 2.35. The van der Waals surface area contributed by atoms with Crippen LogP contribution in [0.3, 0.4) is 0 Å². The van der Waals surface area contributed by atoms with E-state index in [0.717, 1.165) is 17.1 Å². The first-order chi connectivity index (χ1) is 8.61. The Kier molecular flexibility index (Phi) is 3.72. The molecule has 0 radical (unpaired) electrons. The summed E-state index contributed by atoms with van der Waals surface area (Å²) in [4.78, 5) is 13.4. The van der Waals surface area contributed by atoms with Crippen molar-refractivity contribution in [1.82, 2.24) is 4.90 Å². The summed E-state index contributed by atoms with van der Waals surface area (Å²) in [7, 11) is 5.26. The normalized spacial score (nSPS) is 14.7. The minimum Gasteiger partial charge on any atom is -0.469 e. The van der Waals surface area contributed by atoms with Crippen molar-refractivity contribution in [2.75, 3.05) is 28.0 Å². The number of rotatable bonds is 4. The van der Waals surface area contributed by atoms with Gasteiger partial charge in [-0.1, -0.05) is 6.07 Å². The lowest BCUT2D eigenvalue weighted by Crippen LogP contribution is -2.23. The van der Waals surface area contributed by atoms with Crippen molar-refractivity contribution >= 4 is 5.97 Å². The van der Waals surface area contributed by atoms with Crippen LogP contribution in [-0.4, -0.2) is 38.9 Å². The summed E-state index contributed by atoms with van der Waals surface area (Å²) in [6, 6.07) is 5.69. The van der Waals surface area contributed by atoms with Crippen LogP contribution in [0.5, 0.6) is 11.5 Å². The van der Waals surface area contributed by atoms with Gasteiger partial charge in [0.25, 0.3) is 0 Å². The van der Waals surface area contributed by atoms with Crippen molar-refractivity contribution in [3.8, 4) is 11.5 Å². The molecule has 1 heterocycles. The van der Waals surface area contributed by atoms with E-state index in [-0.39, 0.29) is 18.8 Å². The van der Waals surface area contributed by atoms with Crippen LogP contribution in [-0.2, 0) is 9.53 Å². The third kappa shape index (κ3) is 2.56. The lowest BCUT2D eigenvalue weighted by Gasteiger charge is -2.23. The number of carbonyl (C=O) groups excluding carboxylic acids is 1. The summed E-state index contributed by atoms with van der Waals surface area (Å²) in [6.45, 7) is 0.252. The second-order valence-corrected chi connectivity index (χ2v) is 4.37. The highest BCUT2D eigenvalue weighted by molar-refractivity contribution is 5.70. The number of ether oxygens (including phenoxy) is 3. The lowest BCUT2D eigenvalue weighted by atomic mass is 10.0. The fourth-order valence-electron chi connectivity index (χ4n) is 1.96. The zero-order valence-electron chi connectivity index (χ0n) is 10.8. The maximum atomic E-state index is 11.4. The molecule has 1 atom stereocenters. The molecular formula is C13H17NO4. The number of methoxy groups -OCH3 is 1. The molecule has 1 aliphatic rings. The van der Waals surface area contributed by atoms with Crippen molar-refractivity contribution in [3.63, 3.8) is 0 Å². The van der Waals surface area contributed by atoms with Gasteiger partial charge in [-0.3, -0.25) is 4.79 Å². The molecule has 5 nitrogen and oxygen atoms in total. The quantitative estimate of drug-likeness (QED) is 0.760. The molecule has 2 rings (SSSR count). The molecule has 5 heteroatoms. The first-order valence-corrected chi connectivity index (χ1v) is 5.74. The van der Waals surface area contributed by atoms with Crippen molar-refractivity contribution in [2.24, 2.45) is 0 Å². The molecule has 0 bridgehead atoms. The fourth-order valence-corrected chi connectivity index (χ4v) is 1.96. The van der Waals surface area contributed by atoms with Gasteiger partial charge in [0.1, 0.15) is 0 Å². The molecule has 1 aromatic carbocycles. The maximum Gasteiger partial charge on any atom is 0.307 e. The Balaban J connectivity index is 2.22.